The van der Waals surface area contributed by atoms with Crippen molar-refractivity contribution in [3.8, 4) is 0 Å². The molecule has 70 valence electrons. The van der Waals surface area contributed by atoms with Crippen molar-refractivity contribution in [2.45, 2.75) is 25.9 Å². The third-order valence-electron chi connectivity index (χ3n) is 2.01. The van der Waals surface area contributed by atoms with E-state index in [0.29, 0.717) is 6.04 Å². The highest BCUT2D eigenvalue weighted by molar-refractivity contribution is 5.23. The van der Waals surface area contributed by atoms with Gasteiger partial charge in [-0.15, -0.1) is 0 Å². The molecule has 2 heteroatoms. The molecule has 0 saturated carbocycles. The van der Waals surface area contributed by atoms with Gasteiger partial charge in [0.25, 0.3) is 0 Å². The fourth-order valence-corrected chi connectivity index (χ4v) is 0.833. The van der Waals surface area contributed by atoms with E-state index in [1.165, 1.54) is 0 Å². The molecule has 0 fully saturated rings. The number of rotatable bonds is 4. The number of hydrogen-bond acceptors (Lipinski definition) is 2. The van der Waals surface area contributed by atoms with Crippen molar-refractivity contribution < 1.29 is 0 Å². The van der Waals surface area contributed by atoms with E-state index in [9.17, 15) is 0 Å². The third kappa shape index (κ3) is 3.69. The molecule has 0 aromatic rings. The van der Waals surface area contributed by atoms with E-state index in [4.69, 9.17) is 5.73 Å². The molecule has 0 radical (unpaired) electrons. The van der Waals surface area contributed by atoms with Crippen LogP contribution in [0.1, 0.15) is 13.8 Å². The van der Waals surface area contributed by atoms with Gasteiger partial charge in [-0.25, -0.2) is 0 Å². The Labute approximate surface area is 75.7 Å². The predicted molar refractivity (Wildman–Crippen MR) is 55.1 cm³/mol. The number of likely N-dealkylation sites (N-methyl/N-ethyl adjacent to an activating group) is 1. The van der Waals surface area contributed by atoms with Gasteiger partial charge < -0.3 is 10.6 Å². The SMILES string of the molecule is C=C/C(=C\C(C)N(C)C)C(C)N. The molecule has 2 N–H and O–H groups in total. The fraction of sp³-hybridized carbons (Fsp3) is 0.600. The van der Waals surface area contributed by atoms with Gasteiger partial charge in [0, 0.05) is 12.1 Å². The highest BCUT2D eigenvalue weighted by Crippen LogP contribution is 2.05. The molecule has 2 unspecified atom stereocenters. The second-order valence-electron chi connectivity index (χ2n) is 3.36. The first-order valence-electron chi connectivity index (χ1n) is 4.25. The van der Waals surface area contributed by atoms with Gasteiger partial charge >= 0.3 is 0 Å². The Morgan fingerprint density at radius 3 is 2.17 bits per heavy atom. The zero-order valence-corrected chi connectivity index (χ0v) is 8.54. The van der Waals surface area contributed by atoms with E-state index in [1.807, 2.05) is 27.1 Å². The predicted octanol–water partition coefficient (Wildman–Crippen LogP) is 1.40. The van der Waals surface area contributed by atoms with Gasteiger partial charge in [0.1, 0.15) is 0 Å². The van der Waals surface area contributed by atoms with Crippen molar-refractivity contribution in [2.75, 3.05) is 14.1 Å². The van der Waals surface area contributed by atoms with E-state index in [0.717, 1.165) is 5.57 Å². The van der Waals surface area contributed by atoms with Crippen molar-refractivity contribution in [3.63, 3.8) is 0 Å². The standard InChI is InChI=1S/C10H20N2/c1-6-10(9(3)11)7-8(2)12(4)5/h6-9H,1,11H2,2-5H3/b10-7+. The van der Waals surface area contributed by atoms with Gasteiger partial charge in [-0.2, -0.15) is 0 Å². The minimum Gasteiger partial charge on any atom is -0.324 e. The van der Waals surface area contributed by atoms with Crippen LogP contribution in [0.15, 0.2) is 24.3 Å². The van der Waals surface area contributed by atoms with Crippen molar-refractivity contribution in [3.05, 3.63) is 24.3 Å². The number of nitrogens with zero attached hydrogens (tertiary/aromatic N) is 1. The van der Waals surface area contributed by atoms with Gasteiger partial charge in [0.2, 0.25) is 0 Å². The average molecular weight is 168 g/mol. The van der Waals surface area contributed by atoms with Crippen molar-refractivity contribution >= 4 is 0 Å². The highest BCUT2D eigenvalue weighted by Gasteiger charge is 2.04. The van der Waals surface area contributed by atoms with Crippen LogP contribution in [0.25, 0.3) is 0 Å². The van der Waals surface area contributed by atoms with Crippen LogP contribution >= 0.6 is 0 Å². The van der Waals surface area contributed by atoms with Crippen LogP contribution in [0, 0.1) is 0 Å². The van der Waals surface area contributed by atoms with Crippen LogP contribution < -0.4 is 5.73 Å². The van der Waals surface area contributed by atoms with Crippen molar-refractivity contribution in [1.29, 1.82) is 0 Å². The normalized spacial score (nSPS) is 17.7. The molecule has 0 heterocycles. The second kappa shape index (κ2) is 5.12. The van der Waals surface area contributed by atoms with Gasteiger partial charge in [-0.1, -0.05) is 18.7 Å². The molecule has 0 amide bonds. The van der Waals surface area contributed by atoms with Crippen LogP contribution in [-0.2, 0) is 0 Å². The van der Waals surface area contributed by atoms with Crippen molar-refractivity contribution in [2.24, 2.45) is 5.73 Å². The maximum atomic E-state index is 5.74. The molecule has 0 aromatic heterocycles. The van der Waals surface area contributed by atoms with Gasteiger partial charge in [0.05, 0.1) is 0 Å². The van der Waals surface area contributed by atoms with Gasteiger partial charge in [0.15, 0.2) is 0 Å². The second-order valence-corrected chi connectivity index (χ2v) is 3.36. The zero-order chi connectivity index (χ0) is 9.72. The summed E-state index contributed by atoms with van der Waals surface area (Å²) in [4.78, 5) is 2.13. The number of hydrogen-bond donors (Lipinski definition) is 1. The molecule has 0 aliphatic rings. The van der Waals surface area contributed by atoms with Crippen LogP contribution in [-0.4, -0.2) is 31.1 Å². The Hall–Kier alpha value is -0.600. The quantitative estimate of drug-likeness (QED) is 0.643. The average Bonchev–Trinajstić information content (AvgIpc) is 1.98. The molecule has 0 bridgehead atoms. The Balaban J connectivity index is 4.37. The number of nitrogens with two attached hydrogens (primary N) is 1. The minimum atomic E-state index is 0.0740. The molecular formula is C10H20N2. The first-order chi connectivity index (χ1) is 5.49. The Morgan fingerprint density at radius 2 is 1.92 bits per heavy atom. The van der Waals surface area contributed by atoms with Crippen LogP contribution in [0.4, 0.5) is 0 Å². The van der Waals surface area contributed by atoms with Crippen molar-refractivity contribution in [1.82, 2.24) is 4.90 Å². The third-order valence-corrected chi connectivity index (χ3v) is 2.01. The first-order valence-corrected chi connectivity index (χ1v) is 4.25. The molecule has 12 heavy (non-hydrogen) atoms. The fourth-order valence-electron chi connectivity index (χ4n) is 0.833. The molecule has 2 nitrogen and oxygen atoms in total. The summed E-state index contributed by atoms with van der Waals surface area (Å²) in [5.74, 6) is 0. The summed E-state index contributed by atoms with van der Waals surface area (Å²) in [5, 5.41) is 0. The van der Waals surface area contributed by atoms with E-state index < -0.39 is 0 Å². The highest BCUT2D eigenvalue weighted by atomic mass is 15.1. The summed E-state index contributed by atoms with van der Waals surface area (Å²) in [6, 6.07) is 0.480. The van der Waals surface area contributed by atoms with E-state index in [-0.39, 0.29) is 6.04 Å². The lowest BCUT2D eigenvalue weighted by atomic mass is 10.1. The first kappa shape index (κ1) is 11.4. The Morgan fingerprint density at radius 1 is 1.42 bits per heavy atom. The topological polar surface area (TPSA) is 29.3 Å². The molecule has 2 atom stereocenters. The summed E-state index contributed by atoms with van der Waals surface area (Å²) in [6.45, 7) is 7.83. The molecule has 0 saturated heterocycles. The van der Waals surface area contributed by atoms with Crippen LogP contribution in [0.2, 0.25) is 0 Å². The molecule has 0 aliphatic carbocycles. The lowest BCUT2D eigenvalue weighted by molar-refractivity contribution is 0.362. The van der Waals surface area contributed by atoms with Gasteiger partial charge in [-0.05, 0) is 33.5 Å². The summed E-state index contributed by atoms with van der Waals surface area (Å²) in [7, 11) is 4.09. The monoisotopic (exact) mass is 168 g/mol. The maximum absolute atomic E-state index is 5.74. The summed E-state index contributed by atoms with van der Waals surface area (Å²) >= 11 is 0. The molecular weight excluding hydrogens is 148 g/mol. The minimum absolute atomic E-state index is 0.0740. The Bertz CT molecular complexity index is 169. The molecule has 0 aromatic carbocycles. The molecule has 0 aliphatic heterocycles. The lowest BCUT2D eigenvalue weighted by Gasteiger charge is -2.18. The molecule has 0 spiro atoms. The van der Waals surface area contributed by atoms with Crippen LogP contribution in [0.5, 0.6) is 0 Å². The lowest BCUT2D eigenvalue weighted by Crippen LogP contribution is -2.25. The maximum Gasteiger partial charge on any atom is 0.0263 e. The van der Waals surface area contributed by atoms with E-state index >= 15 is 0 Å². The van der Waals surface area contributed by atoms with E-state index in [1.54, 1.807) is 0 Å². The smallest absolute Gasteiger partial charge is 0.0263 e. The summed E-state index contributed by atoms with van der Waals surface area (Å²) in [6.07, 6.45) is 3.96. The Kier molecular flexibility index (Phi) is 4.86. The van der Waals surface area contributed by atoms with E-state index in [2.05, 4.69) is 24.5 Å². The van der Waals surface area contributed by atoms with Gasteiger partial charge in [-0.3, -0.25) is 0 Å². The zero-order valence-electron chi connectivity index (χ0n) is 8.54. The molecule has 0 rings (SSSR count). The summed E-state index contributed by atoms with van der Waals surface area (Å²) < 4.78 is 0. The van der Waals surface area contributed by atoms with Crippen LogP contribution in [0.3, 0.4) is 0 Å². The summed E-state index contributed by atoms with van der Waals surface area (Å²) in [5.41, 5.74) is 6.85. The largest absolute Gasteiger partial charge is 0.324 e.